The largest absolute Gasteiger partial charge is 0.507 e. The number of fused-ring (bicyclic) bond motifs is 1. The lowest BCUT2D eigenvalue weighted by Gasteiger charge is -2.25. The molecule has 2 heterocycles. The lowest BCUT2D eigenvalue weighted by Crippen LogP contribution is -2.29. The number of Topliss-reactive ketones (excluding diaryl/α,β-unsaturated/α-hetero) is 1. The van der Waals surface area contributed by atoms with E-state index in [0.29, 0.717) is 17.0 Å². The smallest absolute Gasteiger partial charge is 0.300 e. The highest BCUT2D eigenvalue weighted by molar-refractivity contribution is 6.52. The number of hydrogen-bond donors (Lipinski definition) is 1. The first-order chi connectivity index (χ1) is 17.3. The van der Waals surface area contributed by atoms with Crippen molar-refractivity contribution < 1.29 is 24.4 Å². The molecule has 1 aliphatic heterocycles. The number of aliphatic hydroxyl groups excluding tert-OH is 1. The highest BCUT2D eigenvalue weighted by Crippen LogP contribution is 2.45. The number of aryl methyl sites for hydroxylation is 1. The summed E-state index contributed by atoms with van der Waals surface area (Å²) in [6.07, 6.45) is 1.83. The minimum atomic E-state index is -0.946. The molecule has 0 radical (unpaired) electrons. The zero-order valence-corrected chi connectivity index (χ0v) is 19.4. The number of benzene rings is 3. The number of anilines is 1. The van der Waals surface area contributed by atoms with Gasteiger partial charge in [0.2, 0.25) is 0 Å². The van der Waals surface area contributed by atoms with Crippen molar-refractivity contribution in [3.63, 3.8) is 0 Å². The van der Waals surface area contributed by atoms with Crippen molar-refractivity contribution in [3.8, 4) is 5.75 Å². The second kappa shape index (κ2) is 8.70. The van der Waals surface area contributed by atoms with Crippen LogP contribution in [0.2, 0.25) is 0 Å². The standard InChI is InChI=1S/C27H21N3O6/c1-28-15-21(20-8-3-4-9-22(20)28)24-23(25(31)16-10-12-17(13-11-16)30(34)35)26(32)27(33)29(24)18-6-5-7-19(14-18)36-2/h3-15,24,31H,1-2H3/b25-23+. The Morgan fingerprint density at radius 3 is 2.44 bits per heavy atom. The fourth-order valence-electron chi connectivity index (χ4n) is 4.64. The fourth-order valence-corrected chi connectivity index (χ4v) is 4.64. The second-order valence-corrected chi connectivity index (χ2v) is 8.39. The van der Waals surface area contributed by atoms with Gasteiger partial charge in [-0.25, -0.2) is 0 Å². The molecular formula is C27H21N3O6. The van der Waals surface area contributed by atoms with E-state index in [2.05, 4.69) is 0 Å². The van der Waals surface area contributed by atoms with Gasteiger partial charge in [0, 0.05) is 59.2 Å². The number of hydrogen-bond acceptors (Lipinski definition) is 6. The van der Waals surface area contributed by atoms with Crippen molar-refractivity contribution in [2.24, 2.45) is 7.05 Å². The van der Waals surface area contributed by atoms with E-state index >= 15 is 0 Å². The molecule has 3 aromatic carbocycles. The predicted octanol–water partition coefficient (Wildman–Crippen LogP) is 4.72. The van der Waals surface area contributed by atoms with Crippen LogP contribution in [0.25, 0.3) is 16.7 Å². The topological polar surface area (TPSA) is 115 Å². The number of amides is 1. The van der Waals surface area contributed by atoms with Gasteiger partial charge in [0.15, 0.2) is 0 Å². The maximum atomic E-state index is 13.4. The molecule has 1 aliphatic rings. The maximum Gasteiger partial charge on any atom is 0.300 e. The van der Waals surface area contributed by atoms with Crippen molar-refractivity contribution in [1.82, 2.24) is 4.57 Å². The molecule has 9 nitrogen and oxygen atoms in total. The first kappa shape index (κ1) is 22.9. The first-order valence-corrected chi connectivity index (χ1v) is 11.1. The fraction of sp³-hybridized carbons (Fsp3) is 0.111. The summed E-state index contributed by atoms with van der Waals surface area (Å²) in [5.41, 5.74) is 1.89. The number of aliphatic hydroxyl groups is 1. The highest BCUT2D eigenvalue weighted by Gasteiger charge is 2.48. The Hall–Kier alpha value is -4.92. The van der Waals surface area contributed by atoms with Gasteiger partial charge >= 0.3 is 0 Å². The molecular weight excluding hydrogens is 462 g/mol. The molecule has 1 N–H and O–H groups in total. The number of aromatic nitrogens is 1. The summed E-state index contributed by atoms with van der Waals surface area (Å²) in [5.74, 6) is -1.57. The van der Waals surface area contributed by atoms with Gasteiger partial charge in [-0.15, -0.1) is 0 Å². The van der Waals surface area contributed by atoms with Crippen LogP contribution in [-0.4, -0.2) is 33.4 Å². The number of methoxy groups -OCH3 is 1. The summed E-state index contributed by atoms with van der Waals surface area (Å²) >= 11 is 0. The van der Waals surface area contributed by atoms with Crippen LogP contribution in [0.4, 0.5) is 11.4 Å². The SMILES string of the molecule is COc1cccc(N2C(=O)C(=O)/C(=C(/O)c3ccc([N+](=O)[O-])cc3)C2c2cn(C)c3ccccc23)c1. The number of non-ortho nitro benzene ring substituents is 1. The molecule has 5 rings (SSSR count). The van der Waals surface area contributed by atoms with Crippen molar-refractivity contribution in [2.75, 3.05) is 12.0 Å². The molecule has 9 heteroatoms. The molecule has 0 saturated carbocycles. The summed E-state index contributed by atoms with van der Waals surface area (Å²) in [6, 6.07) is 18.6. The number of nitro benzene ring substituents is 1. The van der Waals surface area contributed by atoms with Crippen LogP contribution in [-0.2, 0) is 16.6 Å². The number of rotatable bonds is 5. The molecule has 0 aliphatic carbocycles. The third-order valence-corrected chi connectivity index (χ3v) is 6.35. The Morgan fingerprint density at radius 2 is 1.75 bits per heavy atom. The number of ether oxygens (including phenoxy) is 1. The van der Waals surface area contributed by atoms with Gasteiger partial charge in [-0.2, -0.15) is 0 Å². The number of carbonyl (C=O) groups is 2. The van der Waals surface area contributed by atoms with Crippen LogP contribution in [0.15, 0.2) is 84.6 Å². The molecule has 0 spiro atoms. The van der Waals surface area contributed by atoms with E-state index in [0.717, 1.165) is 10.9 Å². The molecule has 1 atom stereocenters. The summed E-state index contributed by atoms with van der Waals surface area (Å²) in [5, 5.41) is 23.2. The van der Waals surface area contributed by atoms with Gasteiger partial charge in [-0.3, -0.25) is 24.6 Å². The minimum absolute atomic E-state index is 0.104. The van der Waals surface area contributed by atoms with E-state index in [9.17, 15) is 24.8 Å². The van der Waals surface area contributed by atoms with Crippen LogP contribution in [0.3, 0.4) is 0 Å². The predicted molar refractivity (Wildman–Crippen MR) is 134 cm³/mol. The van der Waals surface area contributed by atoms with Crippen LogP contribution < -0.4 is 9.64 Å². The lowest BCUT2D eigenvalue weighted by atomic mass is 9.94. The lowest BCUT2D eigenvalue weighted by molar-refractivity contribution is -0.384. The Kier molecular flexibility index (Phi) is 5.52. The van der Waals surface area contributed by atoms with Gasteiger partial charge in [-0.05, 0) is 30.3 Å². The number of nitrogens with zero attached hydrogens (tertiary/aromatic N) is 3. The summed E-state index contributed by atoms with van der Waals surface area (Å²) in [7, 11) is 3.36. The molecule has 1 saturated heterocycles. The average molecular weight is 483 g/mol. The van der Waals surface area contributed by atoms with Gasteiger partial charge in [0.05, 0.1) is 23.6 Å². The van der Waals surface area contributed by atoms with Crippen LogP contribution in [0.5, 0.6) is 5.75 Å². The summed E-state index contributed by atoms with van der Waals surface area (Å²) in [4.78, 5) is 38.7. The van der Waals surface area contributed by atoms with Crippen molar-refractivity contribution >= 4 is 39.7 Å². The first-order valence-electron chi connectivity index (χ1n) is 11.1. The van der Waals surface area contributed by atoms with Crippen LogP contribution in [0.1, 0.15) is 17.2 Å². The van der Waals surface area contributed by atoms with E-state index < -0.39 is 28.4 Å². The number of nitro groups is 1. The molecule has 36 heavy (non-hydrogen) atoms. The van der Waals surface area contributed by atoms with Crippen molar-refractivity contribution in [2.45, 2.75) is 6.04 Å². The van der Waals surface area contributed by atoms with Gasteiger partial charge in [-0.1, -0.05) is 24.3 Å². The molecule has 1 fully saturated rings. The number of para-hydroxylation sites is 1. The van der Waals surface area contributed by atoms with Crippen molar-refractivity contribution in [3.05, 3.63) is 106 Å². The second-order valence-electron chi connectivity index (χ2n) is 8.39. The van der Waals surface area contributed by atoms with Crippen LogP contribution in [0, 0.1) is 10.1 Å². The number of carbonyl (C=O) groups excluding carboxylic acids is 2. The van der Waals surface area contributed by atoms with E-state index in [1.165, 1.54) is 36.3 Å². The van der Waals surface area contributed by atoms with Gasteiger partial charge in [0.25, 0.3) is 17.4 Å². The Labute approximate surface area is 205 Å². The Morgan fingerprint density at radius 1 is 1.03 bits per heavy atom. The third-order valence-electron chi connectivity index (χ3n) is 6.35. The zero-order chi connectivity index (χ0) is 25.6. The highest BCUT2D eigenvalue weighted by atomic mass is 16.6. The van der Waals surface area contributed by atoms with Gasteiger partial charge in [0.1, 0.15) is 11.5 Å². The number of ketones is 1. The third kappa shape index (κ3) is 3.58. The van der Waals surface area contributed by atoms with Crippen LogP contribution >= 0.6 is 0 Å². The van der Waals surface area contributed by atoms with Gasteiger partial charge < -0.3 is 14.4 Å². The summed E-state index contributed by atoms with van der Waals surface area (Å²) < 4.78 is 7.21. The molecule has 1 amide bonds. The van der Waals surface area contributed by atoms with E-state index in [-0.39, 0.29) is 16.8 Å². The van der Waals surface area contributed by atoms with E-state index in [4.69, 9.17) is 4.74 Å². The van der Waals surface area contributed by atoms with Crippen molar-refractivity contribution in [1.29, 1.82) is 0 Å². The maximum absolute atomic E-state index is 13.4. The molecule has 180 valence electrons. The monoisotopic (exact) mass is 483 g/mol. The normalized spacial score (nSPS) is 17.1. The minimum Gasteiger partial charge on any atom is -0.507 e. The Bertz CT molecular complexity index is 1570. The Balaban J connectivity index is 1.77. The van der Waals surface area contributed by atoms with E-state index in [1.807, 2.05) is 42.1 Å². The van der Waals surface area contributed by atoms with E-state index in [1.54, 1.807) is 24.3 Å². The molecule has 0 bridgehead atoms. The molecule has 1 unspecified atom stereocenters. The summed E-state index contributed by atoms with van der Waals surface area (Å²) in [6.45, 7) is 0. The average Bonchev–Trinajstić information content (AvgIpc) is 3.37. The molecule has 4 aromatic rings. The molecule has 1 aromatic heterocycles. The zero-order valence-electron chi connectivity index (χ0n) is 19.4. The quantitative estimate of drug-likeness (QED) is 0.144.